The summed E-state index contributed by atoms with van der Waals surface area (Å²) in [6.45, 7) is 4.64. The van der Waals surface area contributed by atoms with E-state index in [-0.39, 0.29) is 5.41 Å². The van der Waals surface area contributed by atoms with E-state index >= 15 is 0 Å². The lowest BCUT2D eigenvalue weighted by Gasteiger charge is -2.23. The first-order chi connectivity index (χ1) is 18.0. The summed E-state index contributed by atoms with van der Waals surface area (Å²) in [7, 11) is -1.16. The van der Waals surface area contributed by atoms with Gasteiger partial charge in [-0.25, -0.2) is 0 Å². The molecule has 3 heteroatoms. The number of nitrogens with zero attached hydrogens (tertiary/aromatic N) is 1. The van der Waals surface area contributed by atoms with Crippen LogP contribution in [0.25, 0.3) is 33.2 Å². The SMILES string of the molecule is CC1(C)c2cc([PH+](c3ccccc3)c3ccccc3)ccc2-c2c1cc1c3c(cccc23)C(C#N)=C1N. The molecule has 0 amide bonds. The largest absolute Gasteiger partial charge is 0.397 e. The third kappa shape index (κ3) is 3.02. The molecule has 37 heavy (non-hydrogen) atoms. The molecule has 2 N–H and O–H groups in total. The molecule has 0 aliphatic heterocycles. The normalized spacial score (nSPS) is 14.6. The van der Waals surface area contributed by atoms with Gasteiger partial charge in [0.15, 0.2) is 0 Å². The predicted octanol–water partition coefficient (Wildman–Crippen LogP) is 6.30. The molecule has 0 saturated heterocycles. The van der Waals surface area contributed by atoms with E-state index in [1.807, 2.05) is 6.07 Å². The van der Waals surface area contributed by atoms with E-state index in [1.54, 1.807) is 0 Å². The van der Waals surface area contributed by atoms with E-state index in [2.05, 4.69) is 117 Å². The molecule has 0 heterocycles. The van der Waals surface area contributed by atoms with E-state index in [4.69, 9.17) is 5.73 Å². The van der Waals surface area contributed by atoms with Gasteiger partial charge in [-0.15, -0.1) is 0 Å². The Morgan fingerprint density at radius 2 is 1.35 bits per heavy atom. The van der Waals surface area contributed by atoms with Gasteiger partial charge in [-0.05, 0) is 70.1 Å². The Kier molecular flexibility index (Phi) is 4.71. The van der Waals surface area contributed by atoms with Crippen LogP contribution in [0.1, 0.15) is 36.1 Å². The van der Waals surface area contributed by atoms with Crippen LogP contribution in [0.15, 0.2) is 103 Å². The van der Waals surface area contributed by atoms with Gasteiger partial charge in [-0.1, -0.05) is 74.5 Å². The lowest BCUT2D eigenvalue weighted by molar-refractivity contribution is 0.661. The first kappa shape index (κ1) is 22.1. The van der Waals surface area contributed by atoms with E-state index in [0.29, 0.717) is 11.3 Å². The molecule has 7 rings (SSSR count). The average molecular weight is 494 g/mol. The van der Waals surface area contributed by atoms with E-state index in [1.165, 1.54) is 43.6 Å². The number of hydrogen-bond donors (Lipinski definition) is 1. The summed E-state index contributed by atoms with van der Waals surface area (Å²) in [4.78, 5) is 0. The average Bonchev–Trinajstić information content (AvgIpc) is 3.34. The van der Waals surface area contributed by atoms with Crippen LogP contribution in [-0.4, -0.2) is 0 Å². The zero-order valence-electron chi connectivity index (χ0n) is 20.8. The van der Waals surface area contributed by atoms with Crippen LogP contribution in [0.2, 0.25) is 0 Å². The highest BCUT2D eigenvalue weighted by Crippen LogP contribution is 2.55. The summed E-state index contributed by atoms with van der Waals surface area (Å²) in [6.07, 6.45) is 0. The third-order valence-corrected chi connectivity index (χ3v) is 10.9. The van der Waals surface area contributed by atoms with Crippen molar-refractivity contribution in [2.45, 2.75) is 19.3 Å². The van der Waals surface area contributed by atoms with Gasteiger partial charge in [0, 0.05) is 21.9 Å². The van der Waals surface area contributed by atoms with Gasteiger partial charge in [-0.2, -0.15) is 5.26 Å². The number of nitriles is 1. The Morgan fingerprint density at radius 3 is 2.00 bits per heavy atom. The van der Waals surface area contributed by atoms with Crippen LogP contribution in [0, 0.1) is 11.3 Å². The second kappa shape index (κ2) is 7.91. The van der Waals surface area contributed by atoms with Crippen LogP contribution >= 0.6 is 7.92 Å². The number of hydrogen-bond acceptors (Lipinski definition) is 2. The smallest absolute Gasteiger partial charge is 0.102 e. The summed E-state index contributed by atoms with van der Waals surface area (Å²) in [5, 5.41) is 16.3. The topological polar surface area (TPSA) is 49.8 Å². The zero-order chi connectivity index (χ0) is 25.3. The highest BCUT2D eigenvalue weighted by molar-refractivity contribution is 7.79. The molecule has 0 bridgehead atoms. The van der Waals surface area contributed by atoms with Crippen molar-refractivity contribution in [1.82, 2.24) is 0 Å². The summed E-state index contributed by atoms with van der Waals surface area (Å²) in [5.41, 5.74) is 14.7. The molecule has 0 aromatic heterocycles. The molecule has 2 nitrogen and oxygen atoms in total. The summed E-state index contributed by atoms with van der Waals surface area (Å²) in [5.74, 6) is 0. The minimum Gasteiger partial charge on any atom is -0.397 e. The number of fused-ring (bicyclic) bond motifs is 4. The molecule has 0 fully saturated rings. The van der Waals surface area contributed by atoms with Crippen molar-refractivity contribution < 1.29 is 0 Å². The Labute approximate surface area is 218 Å². The Bertz CT molecular complexity index is 1770. The van der Waals surface area contributed by atoms with Crippen molar-refractivity contribution in [1.29, 1.82) is 5.26 Å². The molecular formula is C34H26N2P+. The number of nitrogens with two attached hydrogens (primary N) is 1. The van der Waals surface area contributed by atoms with Crippen LogP contribution < -0.4 is 21.6 Å². The molecule has 2 aliphatic rings. The van der Waals surface area contributed by atoms with E-state index in [9.17, 15) is 5.26 Å². The molecule has 5 aromatic carbocycles. The second-order valence-corrected chi connectivity index (χ2v) is 12.9. The molecule has 0 spiro atoms. The molecule has 176 valence electrons. The minimum atomic E-state index is -1.16. The molecule has 0 radical (unpaired) electrons. The zero-order valence-corrected chi connectivity index (χ0v) is 21.8. The summed E-state index contributed by atoms with van der Waals surface area (Å²) < 4.78 is 0. The van der Waals surface area contributed by atoms with Crippen LogP contribution in [0.4, 0.5) is 0 Å². The fraction of sp³-hybridized carbons (Fsp3) is 0.0882. The van der Waals surface area contributed by atoms with Crippen molar-refractivity contribution in [3.8, 4) is 17.2 Å². The lowest BCUT2D eigenvalue weighted by Crippen LogP contribution is -2.23. The van der Waals surface area contributed by atoms with Gasteiger partial charge in [0.2, 0.25) is 0 Å². The molecule has 0 atom stereocenters. The van der Waals surface area contributed by atoms with Gasteiger partial charge in [0.25, 0.3) is 0 Å². The van der Waals surface area contributed by atoms with Gasteiger partial charge in [0.05, 0.1) is 19.2 Å². The van der Waals surface area contributed by atoms with E-state index in [0.717, 1.165) is 16.5 Å². The Hall–Kier alpha value is -4.18. The van der Waals surface area contributed by atoms with Gasteiger partial charge >= 0.3 is 0 Å². The van der Waals surface area contributed by atoms with Gasteiger partial charge in [0.1, 0.15) is 22.0 Å². The fourth-order valence-corrected chi connectivity index (χ4v) is 8.97. The second-order valence-electron chi connectivity index (χ2n) is 10.5. The van der Waals surface area contributed by atoms with Crippen LogP contribution in [0.3, 0.4) is 0 Å². The quantitative estimate of drug-likeness (QED) is 0.300. The first-order valence-corrected chi connectivity index (χ1v) is 14.1. The van der Waals surface area contributed by atoms with Gasteiger partial charge in [-0.3, -0.25) is 0 Å². The minimum absolute atomic E-state index is 0.183. The van der Waals surface area contributed by atoms with Crippen molar-refractivity contribution in [2.75, 3.05) is 0 Å². The number of benzene rings is 5. The molecule has 2 aliphatic carbocycles. The summed E-state index contributed by atoms with van der Waals surface area (Å²) >= 11 is 0. The maximum absolute atomic E-state index is 9.82. The molecule has 0 unspecified atom stereocenters. The van der Waals surface area contributed by atoms with Crippen LogP contribution in [-0.2, 0) is 5.41 Å². The molecule has 5 aromatic rings. The Morgan fingerprint density at radius 1 is 0.676 bits per heavy atom. The van der Waals surface area contributed by atoms with Crippen molar-refractivity contribution in [3.05, 3.63) is 125 Å². The lowest BCUT2D eigenvalue weighted by atomic mass is 9.81. The predicted molar refractivity (Wildman–Crippen MR) is 158 cm³/mol. The van der Waals surface area contributed by atoms with Crippen molar-refractivity contribution in [3.63, 3.8) is 0 Å². The highest BCUT2D eigenvalue weighted by atomic mass is 31.1. The van der Waals surface area contributed by atoms with Crippen molar-refractivity contribution >= 4 is 45.9 Å². The number of allylic oxidation sites excluding steroid dienone is 1. The summed E-state index contributed by atoms with van der Waals surface area (Å²) in [6, 6.07) is 39.8. The maximum Gasteiger partial charge on any atom is 0.102 e. The van der Waals surface area contributed by atoms with Crippen molar-refractivity contribution in [2.24, 2.45) is 5.73 Å². The van der Waals surface area contributed by atoms with Crippen LogP contribution in [0.5, 0.6) is 0 Å². The fourth-order valence-electron chi connectivity index (χ4n) is 6.38. The molecule has 0 saturated carbocycles. The van der Waals surface area contributed by atoms with E-state index < -0.39 is 7.92 Å². The maximum atomic E-state index is 9.82. The number of rotatable bonds is 3. The highest BCUT2D eigenvalue weighted by Gasteiger charge is 2.40. The first-order valence-electron chi connectivity index (χ1n) is 12.6. The third-order valence-electron chi connectivity index (χ3n) is 8.15. The van der Waals surface area contributed by atoms with Gasteiger partial charge < -0.3 is 5.73 Å². The monoisotopic (exact) mass is 493 g/mol. The molecular weight excluding hydrogens is 467 g/mol. The Balaban J connectivity index is 1.47. The standard InChI is InChI=1S/C34H25N2P/c1-34(2)29-18-23(37(21-10-5-3-6-11-21)22-12-7-4-8-13-22)16-17-25(29)32-26-15-9-14-24-28(20-35)33(36)27(31(24)26)19-30(32)34/h3-19H,36H2,1-2H3/p+1.